The van der Waals surface area contributed by atoms with Crippen molar-refractivity contribution < 1.29 is 22.2 Å². The number of benzene rings is 1. The van der Waals surface area contributed by atoms with Crippen LogP contribution in [0.5, 0.6) is 0 Å². The smallest absolute Gasteiger partial charge is 0.347 e. The van der Waals surface area contributed by atoms with Gasteiger partial charge in [0.05, 0.1) is 5.75 Å². The van der Waals surface area contributed by atoms with Gasteiger partial charge in [-0.25, -0.2) is 4.79 Å². The van der Waals surface area contributed by atoms with E-state index in [2.05, 4.69) is 0 Å². The van der Waals surface area contributed by atoms with Crippen LogP contribution in [0.15, 0.2) is 27.4 Å². The SMILES string of the molecule is Cc1c(C(=O)CCCS(=O)(=O)O)c(=O)oc2cc(N)ccc12. The third kappa shape index (κ3) is 3.52. The molecule has 0 saturated carbocycles. The van der Waals surface area contributed by atoms with Gasteiger partial charge >= 0.3 is 5.63 Å². The van der Waals surface area contributed by atoms with Crippen LogP contribution in [0.1, 0.15) is 28.8 Å². The predicted octanol–water partition coefficient (Wildman–Crippen LogP) is 1.53. The Kier molecular flexibility index (Phi) is 4.34. The number of anilines is 1. The van der Waals surface area contributed by atoms with Crippen LogP contribution in [-0.2, 0) is 10.1 Å². The first-order chi connectivity index (χ1) is 10.2. The zero-order valence-electron chi connectivity index (χ0n) is 11.8. The highest BCUT2D eigenvalue weighted by atomic mass is 32.2. The Balaban J connectivity index is 2.37. The number of hydrogen-bond acceptors (Lipinski definition) is 6. The van der Waals surface area contributed by atoms with Crippen LogP contribution in [0.2, 0.25) is 0 Å². The second-order valence-electron chi connectivity index (χ2n) is 4.96. The molecule has 0 aliphatic carbocycles. The molecule has 8 heteroatoms. The Hall–Kier alpha value is -2.19. The normalized spacial score (nSPS) is 11.7. The molecule has 7 nitrogen and oxygen atoms in total. The van der Waals surface area contributed by atoms with Gasteiger partial charge in [-0.15, -0.1) is 0 Å². The minimum atomic E-state index is -4.13. The molecule has 118 valence electrons. The first-order valence-electron chi connectivity index (χ1n) is 6.50. The van der Waals surface area contributed by atoms with Crippen molar-refractivity contribution in [3.63, 3.8) is 0 Å². The monoisotopic (exact) mass is 325 g/mol. The summed E-state index contributed by atoms with van der Waals surface area (Å²) in [7, 11) is -4.13. The minimum Gasteiger partial charge on any atom is -0.422 e. The van der Waals surface area contributed by atoms with Crippen molar-refractivity contribution in [3.8, 4) is 0 Å². The minimum absolute atomic E-state index is 0.0731. The molecule has 3 N–H and O–H groups in total. The van der Waals surface area contributed by atoms with Gasteiger partial charge in [0.15, 0.2) is 5.78 Å². The van der Waals surface area contributed by atoms with Crippen molar-refractivity contribution in [2.24, 2.45) is 0 Å². The molecule has 1 heterocycles. The van der Waals surface area contributed by atoms with Crippen LogP contribution in [-0.4, -0.2) is 24.5 Å². The Morgan fingerprint density at radius 2 is 2.05 bits per heavy atom. The first kappa shape index (κ1) is 16.2. The lowest BCUT2D eigenvalue weighted by Crippen LogP contribution is -2.17. The number of nitrogen functional groups attached to an aromatic ring is 1. The fourth-order valence-electron chi connectivity index (χ4n) is 2.23. The Bertz CT molecular complexity index is 897. The van der Waals surface area contributed by atoms with Crippen LogP contribution < -0.4 is 11.4 Å². The third-order valence-corrected chi connectivity index (χ3v) is 4.08. The van der Waals surface area contributed by atoms with Crippen LogP contribution >= 0.6 is 0 Å². The summed E-state index contributed by atoms with van der Waals surface area (Å²) in [5, 5.41) is 0.590. The summed E-state index contributed by atoms with van der Waals surface area (Å²) in [6.45, 7) is 1.62. The van der Waals surface area contributed by atoms with E-state index in [-0.39, 0.29) is 24.0 Å². The quantitative estimate of drug-likeness (QED) is 0.369. The molecule has 2 rings (SSSR count). The van der Waals surface area contributed by atoms with E-state index < -0.39 is 27.3 Å². The molecule has 1 aromatic carbocycles. The standard InChI is InChI=1S/C14H15NO6S/c1-8-10-5-4-9(15)7-12(10)21-14(17)13(8)11(16)3-2-6-22(18,19)20/h4-5,7H,2-3,6,15H2,1H3,(H,18,19,20). The number of fused-ring (bicyclic) bond motifs is 1. The van der Waals surface area contributed by atoms with E-state index in [0.29, 0.717) is 16.6 Å². The first-order valence-corrected chi connectivity index (χ1v) is 8.11. The molecule has 0 saturated heterocycles. The van der Waals surface area contributed by atoms with E-state index in [4.69, 9.17) is 14.7 Å². The van der Waals surface area contributed by atoms with Crippen molar-refractivity contribution in [2.45, 2.75) is 19.8 Å². The van der Waals surface area contributed by atoms with E-state index in [1.165, 1.54) is 6.07 Å². The Morgan fingerprint density at radius 3 is 2.68 bits per heavy atom. The van der Waals surface area contributed by atoms with Gasteiger partial charge < -0.3 is 10.2 Å². The van der Waals surface area contributed by atoms with Crippen LogP contribution in [0.3, 0.4) is 0 Å². The predicted molar refractivity (Wildman–Crippen MR) is 81.6 cm³/mol. The summed E-state index contributed by atoms with van der Waals surface area (Å²) in [4.78, 5) is 24.1. The summed E-state index contributed by atoms with van der Waals surface area (Å²) >= 11 is 0. The van der Waals surface area contributed by atoms with Crippen LogP contribution in [0, 0.1) is 6.92 Å². The van der Waals surface area contributed by atoms with Gasteiger partial charge in [-0.1, -0.05) is 0 Å². The molecule has 0 fully saturated rings. The molecule has 0 unspecified atom stereocenters. The summed E-state index contributed by atoms with van der Waals surface area (Å²) < 4.78 is 35.0. The number of rotatable bonds is 5. The van der Waals surface area contributed by atoms with Gasteiger partial charge in [0.2, 0.25) is 0 Å². The topological polar surface area (TPSA) is 128 Å². The van der Waals surface area contributed by atoms with Crippen molar-refractivity contribution in [3.05, 3.63) is 39.7 Å². The van der Waals surface area contributed by atoms with Gasteiger partial charge in [-0.2, -0.15) is 8.42 Å². The second-order valence-corrected chi connectivity index (χ2v) is 6.53. The van der Waals surface area contributed by atoms with E-state index in [0.717, 1.165) is 0 Å². The maximum atomic E-state index is 12.1. The fraction of sp³-hybridized carbons (Fsp3) is 0.286. The lowest BCUT2D eigenvalue weighted by atomic mass is 10.0. The van der Waals surface area contributed by atoms with E-state index >= 15 is 0 Å². The fourth-order valence-corrected chi connectivity index (χ4v) is 2.74. The number of ketones is 1. The molecule has 2 aromatic rings. The molecule has 0 bridgehead atoms. The van der Waals surface area contributed by atoms with E-state index in [1.807, 2.05) is 0 Å². The Morgan fingerprint density at radius 1 is 1.36 bits per heavy atom. The number of nitrogens with two attached hydrogens (primary N) is 1. The molecular weight excluding hydrogens is 310 g/mol. The molecule has 0 amide bonds. The highest BCUT2D eigenvalue weighted by Crippen LogP contribution is 2.22. The van der Waals surface area contributed by atoms with Crippen molar-refractivity contribution in [1.29, 1.82) is 0 Å². The van der Waals surface area contributed by atoms with Gasteiger partial charge in [-0.05, 0) is 31.0 Å². The Labute approximate surface area is 126 Å². The maximum Gasteiger partial charge on any atom is 0.347 e. The zero-order chi connectivity index (χ0) is 16.5. The van der Waals surface area contributed by atoms with E-state index in [1.54, 1.807) is 19.1 Å². The highest BCUT2D eigenvalue weighted by Gasteiger charge is 2.19. The van der Waals surface area contributed by atoms with Crippen molar-refractivity contribution in [1.82, 2.24) is 0 Å². The molecule has 0 atom stereocenters. The van der Waals surface area contributed by atoms with Gasteiger partial charge in [0.25, 0.3) is 10.1 Å². The van der Waals surface area contributed by atoms with Gasteiger partial charge in [-0.3, -0.25) is 9.35 Å². The molecule has 0 spiro atoms. The summed E-state index contributed by atoms with van der Waals surface area (Å²) in [5.41, 5.74) is 5.91. The van der Waals surface area contributed by atoms with Gasteiger partial charge in [0, 0.05) is 23.6 Å². The summed E-state index contributed by atoms with van der Waals surface area (Å²) in [5.74, 6) is -1.05. The average molecular weight is 325 g/mol. The van der Waals surface area contributed by atoms with Crippen LogP contribution in [0.4, 0.5) is 5.69 Å². The average Bonchev–Trinajstić information content (AvgIpc) is 2.36. The van der Waals surface area contributed by atoms with Crippen LogP contribution in [0.25, 0.3) is 11.0 Å². The molecule has 0 aliphatic rings. The summed E-state index contributed by atoms with van der Waals surface area (Å²) in [6.07, 6.45) is -0.248. The second kappa shape index (κ2) is 5.90. The number of Topliss-reactive ketones (excluding diaryl/α,β-unsaturated/α-hetero) is 1. The van der Waals surface area contributed by atoms with Gasteiger partial charge in [0.1, 0.15) is 11.1 Å². The maximum absolute atomic E-state index is 12.1. The third-order valence-electron chi connectivity index (χ3n) is 3.28. The number of hydrogen-bond donors (Lipinski definition) is 2. The number of aryl methyl sites for hydroxylation is 1. The molecule has 1 aromatic heterocycles. The molecule has 0 radical (unpaired) electrons. The zero-order valence-corrected chi connectivity index (χ0v) is 12.6. The number of carbonyl (C=O) groups is 1. The lowest BCUT2D eigenvalue weighted by Gasteiger charge is -2.07. The highest BCUT2D eigenvalue weighted by molar-refractivity contribution is 7.85. The largest absolute Gasteiger partial charge is 0.422 e. The molecule has 22 heavy (non-hydrogen) atoms. The number of carbonyl (C=O) groups excluding carboxylic acids is 1. The lowest BCUT2D eigenvalue weighted by molar-refractivity contribution is 0.0978. The molecular formula is C14H15NO6S. The molecule has 0 aliphatic heterocycles. The summed E-state index contributed by atoms with van der Waals surface area (Å²) in [6, 6.07) is 4.77. The van der Waals surface area contributed by atoms with Crippen molar-refractivity contribution in [2.75, 3.05) is 11.5 Å². The van der Waals surface area contributed by atoms with Crippen molar-refractivity contribution >= 4 is 32.6 Å². The van der Waals surface area contributed by atoms with E-state index in [9.17, 15) is 18.0 Å².